The molecule has 1 saturated carbocycles. The molecule has 2 aliphatic heterocycles. The number of anilines is 1. The number of hydrogen-bond acceptors (Lipinski definition) is 5. The van der Waals surface area contributed by atoms with Gasteiger partial charge in [-0.3, -0.25) is 9.79 Å². The smallest absolute Gasteiger partial charge is 0.233 e. The highest BCUT2D eigenvalue weighted by Crippen LogP contribution is 2.27. The molecule has 2 fully saturated rings. The Balaban J connectivity index is 0.00000196. The minimum Gasteiger partial charge on any atom is -0.368 e. The fraction of sp³-hybridized carbons (Fsp3) is 0.579. The highest BCUT2D eigenvalue weighted by atomic mass is 35.5. The molecule has 1 N–H and O–H groups in total. The van der Waals surface area contributed by atoms with Gasteiger partial charge in [-0.2, -0.15) is 0 Å². The summed E-state index contributed by atoms with van der Waals surface area (Å²) in [4.78, 5) is 21.6. The zero-order valence-corrected chi connectivity index (χ0v) is 16.6. The van der Waals surface area contributed by atoms with Crippen molar-refractivity contribution in [2.75, 3.05) is 36.8 Å². The number of para-hydroxylation sites is 1. The van der Waals surface area contributed by atoms with Crippen molar-refractivity contribution in [2.45, 2.75) is 37.8 Å². The minimum absolute atomic E-state index is 0. The van der Waals surface area contributed by atoms with Crippen LogP contribution in [0.1, 0.15) is 25.7 Å². The van der Waals surface area contributed by atoms with Crippen LogP contribution in [0.2, 0.25) is 0 Å². The molecule has 5 nitrogen and oxygen atoms in total. The van der Waals surface area contributed by atoms with E-state index >= 15 is 0 Å². The Hall–Kier alpha value is -1.40. The number of halogens is 1. The molecule has 2 heterocycles. The largest absolute Gasteiger partial charge is 0.368 e. The third-order valence-corrected chi connectivity index (χ3v) is 6.30. The van der Waals surface area contributed by atoms with Crippen LogP contribution in [0.5, 0.6) is 0 Å². The predicted octanol–water partition coefficient (Wildman–Crippen LogP) is 2.76. The van der Waals surface area contributed by atoms with Crippen molar-refractivity contribution >= 4 is 40.9 Å². The summed E-state index contributed by atoms with van der Waals surface area (Å²) < 4.78 is 0. The van der Waals surface area contributed by atoms with Crippen LogP contribution in [0.3, 0.4) is 0 Å². The number of amides is 1. The number of benzene rings is 1. The molecule has 1 aromatic rings. The summed E-state index contributed by atoms with van der Waals surface area (Å²) in [6, 6.07) is 11.4. The molecule has 142 valence electrons. The first-order valence-corrected chi connectivity index (χ1v) is 10.3. The summed E-state index contributed by atoms with van der Waals surface area (Å²) in [5.74, 6) is 0.730. The number of nitrogens with zero attached hydrogens (tertiary/aromatic N) is 3. The van der Waals surface area contributed by atoms with E-state index in [1.165, 1.54) is 31.4 Å². The molecule has 2 atom stereocenters. The number of amidine groups is 1. The van der Waals surface area contributed by atoms with Crippen LogP contribution in [0, 0.1) is 0 Å². The van der Waals surface area contributed by atoms with Gasteiger partial charge in [0.05, 0.1) is 17.8 Å². The van der Waals surface area contributed by atoms with Gasteiger partial charge in [0.15, 0.2) is 5.17 Å². The van der Waals surface area contributed by atoms with Crippen molar-refractivity contribution in [1.29, 1.82) is 0 Å². The average Bonchev–Trinajstić information content (AvgIpc) is 3.10. The van der Waals surface area contributed by atoms with Gasteiger partial charge in [0.1, 0.15) is 0 Å². The molecule has 3 aliphatic rings. The van der Waals surface area contributed by atoms with Gasteiger partial charge in [-0.1, -0.05) is 42.8 Å². The molecule has 0 radical (unpaired) electrons. The van der Waals surface area contributed by atoms with Gasteiger partial charge in [0.25, 0.3) is 0 Å². The van der Waals surface area contributed by atoms with E-state index in [4.69, 9.17) is 4.99 Å². The molecule has 0 bridgehead atoms. The van der Waals surface area contributed by atoms with Gasteiger partial charge in [0.2, 0.25) is 5.91 Å². The number of piperazine rings is 1. The van der Waals surface area contributed by atoms with Crippen molar-refractivity contribution in [2.24, 2.45) is 4.99 Å². The van der Waals surface area contributed by atoms with Crippen molar-refractivity contribution < 1.29 is 4.79 Å². The topological polar surface area (TPSA) is 47.9 Å². The number of rotatable bonds is 3. The summed E-state index contributed by atoms with van der Waals surface area (Å²) in [7, 11) is 0. The first-order valence-electron chi connectivity index (χ1n) is 9.34. The van der Waals surface area contributed by atoms with E-state index in [0.29, 0.717) is 17.8 Å². The van der Waals surface area contributed by atoms with Crippen LogP contribution >= 0.6 is 24.2 Å². The minimum atomic E-state index is 0. The number of nitrogens with one attached hydrogen (secondary N) is 1. The highest BCUT2D eigenvalue weighted by molar-refractivity contribution is 8.14. The second-order valence-corrected chi connectivity index (χ2v) is 7.99. The van der Waals surface area contributed by atoms with Crippen molar-refractivity contribution in [3.8, 4) is 0 Å². The summed E-state index contributed by atoms with van der Waals surface area (Å²) in [5.41, 5.74) is 1.25. The maximum Gasteiger partial charge on any atom is 0.233 e. The van der Waals surface area contributed by atoms with E-state index in [1.807, 2.05) is 11.0 Å². The fourth-order valence-electron chi connectivity index (χ4n) is 3.93. The van der Waals surface area contributed by atoms with E-state index < -0.39 is 0 Å². The average molecular weight is 395 g/mol. The summed E-state index contributed by atoms with van der Waals surface area (Å²) in [6.45, 7) is 3.42. The van der Waals surface area contributed by atoms with Crippen LogP contribution in [0.4, 0.5) is 5.69 Å². The van der Waals surface area contributed by atoms with Gasteiger partial charge >= 0.3 is 0 Å². The van der Waals surface area contributed by atoms with Crippen LogP contribution < -0.4 is 10.2 Å². The maximum absolute atomic E-state index is 12.5. The highest BCUT2D eigenvalue weighted by Gasteiger charge is 2.31. The van der Waals surface area contributed by atoms with E-state index in [0.717, 1.165) is 31.3 Å². The number of fused-ring (bicyclic) bond motifs is 1. The van der Waals surface area contributed by atoms with E-state index in [-0.39, 0.29) is 18.3 Å². The third-order valence-electron chi connectivity index (χ3n) is 5.41. The summed E-state index contributed by atoms with van der Waals surface area (Å²) in [5, 5.41) is 4.49. The molecular formula is C19H27ClN4OS. The lowest BCUT2D eigenvalue weighted by Gasteiger charge is -2.36. The molecule has 1 aromatic carbocycles. The molecule has 7 heteroatoms. The Morgan fingerprint density at radius 1 is 1.12 bits per heavy atom. The normalized spacial score (nSPS) is 25.0. The van der Waals surface area contributed by atoms with Crippen molar-refractivity contribution in [3.05, 3.63) is 30.3 Å². The lowest BCUT2D eigenvalue weighted by atomic mass is 9.92. The quantitative estimate of drug-likeness (QED) is 0.856. The number of carbonyl (C=O) groups excluding carboxylic acids is 1. The van der Waals surface area contributed by atoms with Crippen LogP contribution in [0.25, 0.3) is 0 Å². The predicted molar refractivity (Wildman–Crippen MR) is 112 cm³/mol. The number of thioether (sulfide) groups is 1. The van der Waals surface area contributed by atoms with Gasteiger partial charge < -0.3 is 15.1 Å². The van der Waals surface area contributed by atoms with Crippen LogP contribution in [-0.2, 0) is 4.79 Å². The first-order chi connectivity index (χ1) is 12.3. The Morgan fingerprint density at radius 2 is 1.85 bits per heavy atom. The van der Waals surface area contributed by atoms with Crippen molar-refractivity contribution in [1.82, 2.24) is 10.2 Å². The summed E-state index contributed by atoms with van der Waals surface area (Å²) >= 11 is 1.58. The molecular weight excluding hydrogens is 368 g/mol. The SMILES string of the molecule is Cl.O=C(CSC1=NC2CCCCC2N1)N1CCN(c2ccccc2)CC1. The maximum atomic E-state index is 12.5. The first kappa shape index (κ1) is 19.4. The van der Waals surface area contributed by atoms with Crippen LogP contribution in [0.15, 0.2) is 35.3 Å². The zero-order valence-electron chi connectivity index (χ0n) is 15.0. The van der Waals surface area contributed by atoms with Gasteiger partial charge in [-0.05, 0) is 25.0 Å². The number of carbonyl (C=O) groups is 1. The van der Waals surface area contributed by atoms with Crippen LogP contribution in [-0.4, -0.2) is 60.0 Å². The molecule has 1 amide bonds. The van der Waals surface area contributed by atoms with E-state index in [1.54, 1.807) is 11.8 Å². The fourth-order valence-corrected chi connectivity index (χ4v) is 4.82. The Labute approximate surface area is 166 Å². The molecule has 2 unspecified atom stereocenters. The van der Waals surface area contributed by atoms with Gasteiger partial charge in [-0.15, -0.1) is 12.4 Å². The molecule has 4 rings (SSSR count). The van der Waals surface area contributed by atoms with Gasteiger partial charge in [-0.25, -0.2) is 0 Å². The standard InChI is InChI=1S/C19H26N4OS.ClH/c24-18(14-25-19-20-16-8-4-5-9-17(16)21-19)23-12-10-22(11-13-23)15-6-2-1-3-7-15;/h1-3,6-7,16-17H,4-5,8-14H2,(H,20,21);1H. The second-order valence-electron chi connectivity index (χ2n) is 7.03. The lowest BCUT2D eigenvalue weighted by Crippen LogP contribution is -2.49. The molecule has 1 saturated heterocycles. The number of hydrogen-bond donors (Lipinski definition) is 1. The lowest BCUT2D eigenvalue weighted by molar-refractivity contribution is -0.128. The third kappa shape index (κ3) is 4.46. The summed E-state index contributed by atoms with van der Waals surface area (Å²) in [6.07, 6.45) is 4.99. The molecule has 0 aromatic heterocycles. The Kier molecular flexibility index (Phi) is 6.70. The van der Waals surface area contributed by atoms with E-state index in [9.17, 15) is 4.79 Å². The second kappa shape index (κ2) is 9.00. The van der Waals surface area contributed by atoms with E-state index in [2.05, 4.69) is 34.5 Å². The zero-order chi connectivity index (χ0) is 17.1. The monoisotopic (exact) mass is 394 g/mol. The molecule has 26 heavy (non-hydrogen) atoms. The Morgan fingerprint density at radius 3 is 2.58 bits per heavy atom. The Bertz CT molecular complexity index is 634. The molecule has 0 spiro atoms. The molecule has 1 aliphatic carbocycles. The number of aliphatic imine (C=N–C) groups is 1. The van der Waals surface area contributed by atoms with Gasteiger partial charge in [0, 0.05) is 31.9 Å². The van der Waals surface area contributed by atoms with Crippen molar-refractivity contribution in [3.63, 3.8) is 0 Å².